The quantitative estimate of drug-likeness (QED) is 0.782. The molecule has 0 radical (unpaired) electrons. The fourth-order valence-corrected chi connectivity index (χ4v) is 2.53. The maximum absolute atomic E-state index is 11.6. The van der Waals surface area contributed by atoms with Crippen molar-refractivity contribution >= 4 is 16.8 Å². The molecule has 0 atom stereocenters. The van der Waals surface area contributed by atoms with Crippen LogP contribution in [-0.4, -0.2) is 15.9 Å². The van der Waals surface area contributed by atoms with E-state index in [0.29, 0.717) is 5.56 Å². The van der Waals surface area contributed by atoms with Crippen molar-refractivity contribution in [2.75, 3.05) is 0 Å². The molecule has 0 aliphatic heterocycles. The number of carbonyl (C=O) groups excluding carboxylic acids is 1. The Kier molecular flexibility index (Phi) is 3.14. The molecule has 104 valence electrons. The van der Waals surface area contributed by atoms with Gasteiger partial charge in [-0.15, -0.1) is 0 Å². The molecule has 0 aliphatic rings. The average Bonchev–Trinajstić information content (AvgIpc) is 2.46. The number of amides is 1. The smallest absolute Gasteiger partial charge is 0.249 e. The Balaban J connectivity index is 2.28. The Hall–Kier alpha value is -2.75. The van der Waals surface area contributed by atoms with Gasteiger partial charge in [0.2, 0.25) is 5.91 Å². The summed E-state index contributed by atoms with van der Waals surface area (Å²) < 4.78 is 0. The topological polar surface area (TPSA) is 68.9 Å². The SMILES string of the molecule is Cc1cnc2ccc(-c3c(C(N)=O)ccnc3C)cc2c1. The highest BCUT2D eigenvalue weighted by molar-refractivity contribution is 6.01. The van der Waals surface area contributed by atoms with Gasteiger partial charge in [-0.05, 0) is 49.2 Å². The molecule has 0 unspecified atom stereocenters. The fraction of sp³-hybridized carbons (Fsp3) is 0.118. The highest BCUT2D eigenvalue weighted by Gasteiger charge is 2.13. The molecule has 0 bridgehead atoms. The lowest BCUT2D eigenvalue weighted by Gasteiger charge is -2.10. The monoisotopic (exact) mass is 277 g/mol. The van der Waals surface area contributed by atoms with E-state index in [1.165, 1.54) is 0 Å². The molecule has 3 aromatic rings. The molecular formula is C17H15N3O. The van der Waals surface area contributed by atoms with Crippen LogP contribution in [0.15, 0.2) is 42.7 Å². The van der Waals surface area contributed by atoms with Gasteiger partial charge in [0.15, 0.2) is 0 Å². The number of benzene rings is 1. The number of fused-ring (bicyclic) bond motifs is 1. The van der Waals surface area contributed by atoms with E-state index in [0.717, 1.165) is 33.3 Å². The molecule has 0 spiro atoms. The molecule has 0 aliphatic carbocycles. The van der Waals surface area contributed by atoms with Crippen LogP contribution in [0, 0.1) is 13.8 Å². The number of rotatable bonds is 2. The molecule has 0 saturated heterocycles. The third-order valence-electron chi connectivity index (χ3n) is 3.51. The molecule has 2 N–H and O–H groups in total. The number of hydrogen-bond donors (Lipinski definition) is 1. The van der Waals surface area contributed by atoms with E-state index in [9.17, 15) is 4.79 Å². The second-order valence-corrected chi connectivity index (χ2v) is 5.10. The van der Waals surface area contributed by atoms with Crippen LogP contribution in [-0.2, 0) is 0 Å². The Labute approximate surface area is 122 Å². The summed E-state index contributed by atoms with van der Waals surface area (Å²) in [4.78, 5) is 20.3. The minimum Gasteiger partial charge on any atom is -0.366 e. The molecule has 1 aromatic carbocycles. The maximum Gasteiger partial charge on any atom is 0.249 e. The number of primary amides is 1. The van der Waals surface area contributed by atoms with Crippen molar-refractivity contribution in [2.45, 2.75) is 13.8 Å². The van der Waals surface area contributed by atoms with E-state index in [-0.39, 0.29) is 0 Å². The van der Waals surface area contributed by atoms with Gasteiger partial charge in [0.05, 0.1) is 11.1 Å². The van der Waals surface area contributed by atoms with Gasteiger partial charge in [0, 0.05) is 29.0 Å². The van der Waals surface area contributed by atoms with Crippen molar-refractivity contribution in [1.29, 1.82) is 0 Å². The van der Waals surface area contributed by atoms with E-state index in [2.05, 4.69) is 16.0 Å². The van der Waals surface area contributed by atoms with Crippen molar-refractivity contribution in [3.63, 3.8) is 0 Å². The predicted molar refractivity (Wildman–Crippen MR) is 83.0 cm³/mol. The van der Waals surface area contributed by atoms with E-state index in [4.69, 9.17) is 5.73 Å². The number of aryl methyl sites for hydroxylation is 2. The number of carbonyl (C=O) groups is 1. The summed E-state index contributed by atoms with van der Waals surface area (Å²) in [5, 5.41) is 1.03. The molecule has 3 rings (SSSR count). The average molecular weight is 277 g/mol. The van der Waals surface area contributed by atoms with Gasteiger partial charge >= 0.3 is 0 Å². The fourth-order valence-electron chi connectivity index (χ4n) is 2.53. The van der Waals surface area contributed by atoms with Gasteiger partial charge in [0.1, 0.15) is 0 Å². The zero-order valence-electron chi connectivity index (χ0n) is 11.9. The second kappa shape index (κ2) is 4.98. The minimum atomic E-state index is -0.446. The third-order valence-corrected chi connectivity index (χ3v) is 3.51. The Morgan fingerprint density at radius 3 is 2.67 bits per heavy atom. The zero-order chi connectivity index (χ0) is 15.0. The first-order valence-corrected chi connectivity index (χ1v) is 6.68. The molecule has 21 heavy (non-hydrogen) atoms. The lowest BCUT2D eigenvalue weighted by Crippen LogP contribution is -2.13. The summed E-state index contributed by atoms with van der Waals surface area (Å²) in [6.07, 6.45) is 3.44. The normalized spacial score (nSPS) is 10.8. The number of nitrogens with two attached hydrogens (primary N) is 1. The van der Waals surface area contributed by atoms with Gasteiger partial charge in [-0.3, -0.25) is 14.8 Å². The van der Waals surface area contributed by atoms with E-state index in [1.807, 2.05) is 38.2 Å². The van der Waals surface area contributed by atoms with Gasteiger partial charge in [0.25, 0.3) is 0 Å². The third kappa shape index (κ3) is 2.36. The van der Waals surface area contributed by atoms with Crippen molar-refractivity contribution < 1.29 is 4.79 Å². The van der Waals surface area contributed by atoms with Gasteiger partial charge < -0.3 is 5.73 Å². The van der Waals surface area contributed by atoms with E-state index in [1.54, 1.807) is 12.3 Å². The number of aromatic nitrogens is 2. The molecule has 2 aromatic heterocycles. The van der Waals surface area contributed by atoms with Crippen LogP contribution in [0.2, 0.25) is 0 Å². The first kappa shape index (κ1) is 13.2. The molecule has 0 fully saturated rings. The molecule has 4 nitrogen and oxygen atoms in total. The van der Waals surface area contributed by atoms with Crippen molar-refractivity contribution in [2.24, 2.45) is 5.73 Å². The highest BCUT2D eigenvalue weighted by Crippen LogP contribution is 2.28. The molecule has 4 heteroatoms. The van der Waals surface area contributed by atoms with Gasteiger partial charge in [-0.1, -0.05) is 6.07 Å². The number of hydrogen-bond acceptors (Lipinski definition) is 3. The second-order valence-electron chi connectivity index (χ2n) is 5.10. The van der Waals surface area contributed by atoms with Gasteiger partial charge in [-0.25, -0.2) is 0 Å². The van der Waals surface area contributed by atoms with Gasteiger partial charge in [-0.2, -0.15) is 0 Å². The number of pyridine rings is 2. The first-order valence-electron chi connectivity index (χ1n) is 6.68. The standard InChI is InChI=1S/C17H15N3O/c1-10-7-13-8-12(3-4-15(13)20-9-10)16-11(2)19-6-5-14(16)17(18)21/h3-9H,1-2H3,(H2,18,21). The van der Waals surface area contributed by atoms with E-state index >= 15 is 0 Å². The molecular weight excluding hydrogens is 262 g/mol. The van der Waals surface area contributed by atoms with Crippen molar-refractivity contribution in [3.8, 4) is 11.1 Å². The minimum absolute atomic E-state index is 0.446. The summed E-state index contributed by atoms with van der Waals surface area (Å²) in [6.45, 7) is 3.88. The van der Waals surface area contributed by atoms with Crippen LogP contribution in [0.1, 0.15) is 21.6 Å². The van der Waals surface area contributed by atoms with Crippen molar-refractivity contribution in [3.05, 3.63) is 59.5 Å². The maximum atomic E-state index is 11.6. The van der Waals surface area contributed by atoms with Crippen LogP contribution in [0.4, 0.5) is 0 Å². The van der Waals surface area contributed by atoms with Crippen molar-refractivity contribution in [1.82, 2.24) is 9.97 Å². The lowest BCUT2D eigenvalue weighted by molar-refractivity contribution is 0.100. The van der Waals surface area contributed by atoms with E-state index < -0.39 is 5.91 Å². The molecule has 0 saturated carbocycles. The first-order chi connectivity index (χ1) is 10.1. The molecule has 2 heterocycles. The molecule has 1 amide bonds. The lowest BCUT2D eigenvalue weighted by atomic mass is 9.97. The van der Waals surface area contributed by atoms with Crippen LogP contribution >= 0.6 is 0 Å². The summed E-state index contributed by atoms with van der Waals surface area (Å²) >= 11 is 0. The Morgan fingerprint density at radius 1 is 1.10 bits per heavy atom. The largest absolute Gasteiger partial charge is 0.366 e. The summed E-state index contributed by atoms with van der Waals surface area (Å²) in [5.74, 6) is -0.446. The number of nitrogens with zero attached hydrogens (tertiary/aromatic N) is 2. The Bertz CT molecular complexity index is 856. The highest BCUT2D eigenvalue weighted by atomic mass is 16.1. The summed E-state index contributed by atoms with van der Waals surface area (Å²) in [6, 6.07) is 9.64. The zero-order valence-corrected chi connectivity index (χ0v) is 11.9. The van der Waals surface area contributed by atoms with Crippen LogP contribution in [0.25, 0.3) is 22.0 Å². The van der Waals surface area contributed by atoms with Crippen LogP contribution in [0.5, 0.6) is 0 Å². The van der Waals surface area contributed by atoms with Crippen LogP contribution in [0.3, 0.4) is 0 Å². The predicted octanol–water partition coefficient (Wildman–Crippen LogP) is 3.01. The van der Waals surface area contributed by atoms with Crippen LogP contribution < -0.4 is 5.73 Å². The summed E-state index contributed by atoms with van der Waals surface area (Å²) in [5.41, 5.74) is 10.5. The summed E-state index contributed by atoms with van der Waals surface area (Å²) in [7, 11) is 0. The Morgan fingerprint density at radius 2 is 1.90 bits per heavy atom.